The number of carboxylic acid groups (broad SMARTS) is 1. The average molecular weight is 300 g/mol. The highest BCUT2D eigenvalue weighted by Gasteiger charge is 2.36. The lowest BCUT2D eigenvalue weighted by molar-refractivity contribution is -0.137. The third-order valence-corrected chi connectivity index (χ3v) is 5.37. The maximum absolute atomic E-state index is 12.9. The third-order valence-electron chi connectivity index (χ3n) is 2.82. The van der Waals surface area contributed by atoms with Crippen LogP contribution >= 0.6 is 7.60 Å². The van der Waals surface area contributed by atoms with E-state index >= 15 is 0 Å². The number of carbonyl (C=O) groups is 1. The molecule has 0 amide bonds. The van der Waals surface area contributed by atoms with E-state index in [0.717, 1.165) is 5.56 Å². The van der Waals surface area contributed by atoms with E-state index in [-0.39, 0.29) is 26.1 Å². The molecule has 0 radical (unpaired) electrons. The number of rotatable bonds is 9. The van der Waals surface area contributed by atoms with Crippen LogP contribution in [-0.2, 0) is 18.4 Å². The van der Waals surface area contributed by atoms with Gasteiger partial charge in [0.25, 0.3) is 0 Å². The van der Waals surface area contributed by atoms with Crippen LogP contribution < -0.4 is 0 Å². The van der Waals surface area contributed by atoms with Crippen molar-refractivity contribution in [1.29, 1.82) is 0 Å². The van der Waals surface area contributed by atoms with Crippen LogP contribution in [-0.4, -0.2) is 24.3 Å². The van der Waals surface area contributed by atoms with Gasteiger partial charge in [0.1, 0.15) is 0 Å². The van der Waals surface area contributed by atoms with Crippen LogP contribution in [0.4, 0.5) is 0 Å². The van der Waals surface area contributed by atoms with E-state index in [1.807, 2.05) is 30.3 Å². The molecule has 0 aromatic heterocycles. The van der Waals surface area contributed by atoms with E-state index in [0.29, 0.717) is 0 Å². The van der Waals surface area contributed by atoms with Gasteiger partial charge in [-0.25, -0.2) is 0 Å². The summed E-state index contributed by atoms with van der Waals surface area (Å²) < 4.78 is 23.6. The standard InChI is InChI=1S/C14H21O5P/c1-3-18-20(17,19-4-2)13(10-11-14(15)16)12-8-6-5-7-9-12/h5-9,13H,3-4,10-11H2,1-2H3,(H,15,16)/t13-/m1/s1. The first kappa shape index (κ1) is 16.9. The molecule has 0 fully saturated rings. The van der Waals surface area contributed by atoms with E-state index in [9.17, 15) is 9.36 Å². The van der Waals surface area contributed by atoms with E-state index in [4.69, 9.17) is 14.2 Å². The Labute approximate surface area is 119 Å². The molecule has 0 saturated heterocycles. The highest BCUT2D eigenvalue weighted by molar-refractivity contribution is 7.54. The fourth-order valence-electron chi connectivity index (χ4n) is 2.02. The van der Waals surface area contributed by atoms with Gasteiger partial charge in [-0.2, -0.15) is 0 Å². The van der Waals surface area contributed by atoms with Crippen molar-refractivity contribution in [2.75, 3.05) is 13.2 Å². The van der Waals surface area contributed by atoms with Crippen LogP contribution in [0, 0.1) is 0 Å². The van der Waals surface area contributed by atoms with Crippen LogP contribution in [0.2, 0.25) is 0 Å². The first-order valence-corrected chi connectivity index (χ1v) is 8.30. The van der Waals surface area contributed by atoms with Crippen molar-refractivity contribution in [2.45, 2.75) is 32.3 Å². The fourth-order valence-corrected chi connectivity index (χ4v) is 4.16. The molecule has 1 aromatic carbocycles. The van der Waals surface area contributed by atoms with Crippen LogP contribution in [0.25, 0.3) is 0 Å². The summed E-state index contributed by atoms with van der Waals surface area (Å²) in [6.07, 6.45) is 0.139. The molecular formula is C14H21O5P. The Balaban J connectivity index is 3.07. The second kappa shape index (κ2) is 8.20. The van der Waals surface area contributed by atoms with E-state index < -0.39 is 19.2 Å². The first-order chi connectivity index (χ1) is 9.53. The molecule has 0 saturated carbocycles. The van der Waals surface area contributed by atoms with Gasteiger partial charge in [0, 0.05) is 6.42 Å². The van der Waals surface area contributed by atoms with Gasteiger partial charge in [0.05, 0.1) is 18.9 Å². The topological polar surface area (TPSA) is 72.8 Å². The van der Waals surface area contributed by atoms with E-state index in [2.05, 4.69) is 0 Å². The van der Waals surface area contributed by atoms with Gasteiger partial charge >= 0.3 is 13.6 Å². The first-order valence-electron chi connectivity index (χ1n) is 6.69. The molecule has 0 unspecified atom stereocenters. The molecule has 0 heterocycles. The second-order valence-electron chi connectivity index (χ2n) is 4.23. The summed E-state index contributed by atoms with van der Waals surface area (Å²) in [7, 11) is -3.37. The van der Waals surface area contributed by atoms with Crippen molar-refractivity contribution < 1.29 is 23.5 Å². The SMILES string of the molecule is CCOP(=O)(OCC)[C@H](CCC(=O)O)c1ccccc1. The molecule has 0 aliphatic carbocycles. The summed E-state index contributed by atoms with van der Waals surface area (Å²) in [5, 5.41) is 8.86. The predicted molar refractivity (Wildman–Crippen MR) is 76.9 cm³/mol. The molecule has 1 rings (SSSR count). The van der Waals surface area contributed by atoms with Crippen molar-refractivity contribution in [3.63, 3.8) is 0 Å². The largest absolute Gasteiger partial charge is 0.481 e. The van der Waals surface area contributed by atoms with Crippen LogP contribution in [0.1, 0.15) is 37.9 Å². The van der Waals surface area contributed by atoms with Gasteiger partial charge in [-0.15, -0.1) is 0 Å². The van der Waals surface area contributed by atoms with Gasteiger partial charge in [0.2, 0.25) is 0 Å². The summed E-state index contributed by atoms with van der Waals surface area (Å²) in [4.78, 5) is 10.8. The molecule has 1 aromatic rings. The average Bonchev–Trinajstić information content (AvgIpc) is 2.40. The summed E-state index contributed by atoms with van der Waals surface area (Å²) >= 11 is 0. The monoisotopic (exact) mass is 300 g/mol. The normalized spacial score (nSPS) is 13.1. The zero-order chi connectivity index (χ0) is 15.0. The molecule has 6 heteroatoms. The van der Waals surface area contributed by atoms with Gasteiger partial charge < -0.3 is 14.2 Å². The van der Waals surface area contributed by atoms with Crippen molar-refractivity contribution in [3.05, 3.63) is 35.9 Å². The minimum atomic E-state index is -3.37. The highest BCUT2D eigenvalue weighted by Crippen LogP contribution is 2.62. The lowest BCUT2D eigenvalue weighted by Gasteiger charge is -2.26. The van der Waals surface area contributed by atoms with Gasteiger partial charge in [-0.3, -0.25) is 9.36 Å². The molecule has 20 heavy (non-hydrogen) atoms. The molecule has 0 aliphatic heterocycles. The Morgan fingerprint density at radius 1 is 1.20 bits per heavy atom. The summed E-state index contributed by atoms with van der Waals surface area (Å²) in [6.45, 7) is 4.00. The molecule has 0 spiro atoms. The third kappa shape index (κ3) is 4.75. The van der Waals surface area contributed by atoms with Gasteiger partial charge in [-0.1, -0.05) is 30.3 Å². The maximum Gasteiger partial charge on any atom is 0.338 e. The smallest absolute Gasteiger partial charge is 0.338 e. The van der Waals surface area contributed by atoms with Gasteiger partial charge in [-0.05, 0) is 25.8 Å². The van der Waals surface area contributed by atoms with Crippen molar-refractivity contribution in [2.24, 2.45) is 0 Å². The van der Waals surface area contributed by atoms with Crippen LogP contribution in [0.15, 0.2) is 30.3 Å². The Hall–Kier alpha value is -1.16. The maximum atomic E-state index is 12.9. The number of hydrogen-bond donors (Lipinski definition) is 1. The van der Waals surface area contributed by atoms with Crippen LogP contribution in [0.5, 0.6) is 0 Å². The fraction of sp³-hybridized carbons (Fsp3) is 0.500. The summed E-state index contributed by atoms with van der Waals surface area (Å²) in [5.74, 6) is -0.925. The Bertz CT molecular complexity index is 450. The molecule has 112 valence electrons. The zero-order valence-electron chi connectivity index (χ0n) is 11.8. The van der Waals surface area contributed by atoms with Crippen molar-refractivity contribution in [1.82, 2.24) is 0 Å². The number of hydrogen-bond acceptors (Lipinski definition) is 4. The number of benzene rings is 1. The van der Waals surface area contributed by atoms with Crippen LogP contribution in [0.3, 0.4) is 0 Å². The molecule has 1 N–H and O–H groups in total. The quantitative estimate of drug-likeness (QED) is 0.701. The van der Waals surface area contributed by atoms with E-state index in [1.54, 1.807) is 13.8 Å². The van der Waals surface area contributed by atoms with E-state index in [1.165, 1.54) is 0 Å². The van der Waals surface area contributed by atoms with Gasteiger partial charge in [0.15, 0.2) is 0 Å². The molecule has 0 aliphatic rings. The minimum Gasteiger partial charge on any atom is -0.481 e. The second-order valence-corrected chi connectivity index (χ2v) is 6.45. The molecule has 0 bridgehead atoms. The predicted octanol–water partition coefficient (Wildman–Crippen LogP) is 3.86. The molecule has 1 atom stereocenters. The van der Waals surface area contributed by atoms with Crippen molar-refractivity contribution in [3.8, 4) is 0 Å². The molecular weight excluding hydrogens is 279 g/mol. The Morgan fingerprint density at radius 2 is 1.75 bits per heavy atom. The lowest BCUT2D eigenvalue weighted by atomic mass is 10.1. The molecule has 5 nitrogen and oxygen atoms in total. The summed E-state index contributed by atoms with van der Waals surface area (Å²) in [6, 6.07) is 9.13. The minimum absolute atomic E-state index is 0.0797. The van der Waals surface area contributed by atoms with Crippen molar-refractivity contribution >= 4 is 13.6 Å². The summed E-state index contributed by atoms with van der Waals surface area (Å²) in [5.41, 5.74) is 0.221. The Kier molecular flexibility index (Phi) is 6.93. The lowest BCUT2D eigenvalue weighted by Crippen LogP contribution is -2.09. The number of aliphatic carboxylic acids is 1. The zero-order valence-corrected chi connectivity index (χ0v) is 12.7. The highest BCUT2D eigenvalue weighted by atomic mass is 31.2. The Morgan fingerprint density at radius 3 is 2.20 bits per heavy atom. The number of carboxylic acids is 1.